The second-order valence-electron chi connectivity index (χ2n) is 4.72. The maximum atomic E-state index is 11.9. The molecule has 104 valence electrons. The van der Waals surface area contributed by atoms with E-state index in [9.17, 15) is 14.4 Å². The quantitative estimate of drug-likeness (QED) is 0.846. The largest absolute Gasteiger partial charge is 0.478 e. The Morgan fingerprint density at radius 2 is 1.65 bits per heavy atom. The highest BCUT2D eigenvalue weighted by molar-refractivity contribution is 6.18. The molecule has 1 aliphatic rings. The smallest absolute Gasteiger partial charge is 0.335 e. The SMILES string of the molecule is CC1=C(C)C(=O)N(CCc2ccccc2C(=O)O)C1=O. The van der Waals surface area contributed by atoms with Crippen LogP contribution in [0.4, 0.5) is 0 Å². The number of rotatable bonds is 4. The molecule has 0 aromatic heterocycles. The highest BCUT2D eigenvalue weighted by Gasteiger charge is 2.32. The van der Waals surface area contributed by atoms with E-state index in [4.69, 9.17) is 5.11 Å². The number of imide groups is 1. The van der Waals surface area contributed by atoms with Crippen LogP contribution in [0.2, 0.25) is 0 Å². The van der Waals surface area contributed by atoms with E-state index < -0.39 is 5.97 Å². The van der Waals surface area contributed by atoms with E-state index in [-0.39, 0.29) is 23.9 Å². The first-order chi connectivity index (χ1) is 9.43. The van der Waals surface area contributed by atoms with Gasteiger partial charge in [-0.1, -0.05) is 18.2 Å². The number of hydrogen-bond donors (Lipinski definition) is 1. The van der Waals surface area contributed by atoms with Crippen molar-refractivity contribution in [2.45, 2.75) is 20.3 Å². The number of carboxylic acids is 1. The van der Waals surface area contributed by atoms with Crippen molar-refractivity contribution in [3.8, 4) is 0 Å². The van der Waals surface area contributed by atoms with Gasteiger partial charge in [-0.25, -0.2) is 4.79 Å². The fourth-order valence-corrected chi connectivity index (χ4v) is 2.20. The second-order valence-corrected chi connectivity index (χ2v) is 4.72. The van der Waals surface area contributed by atoms with Gasteiger partial charge in [-0.15, -0.1) is 0 Å². The third-order valence-electron chi connectivity index (χ3n) is 3.55. The number of amides is 2. The normalized spacial score (nSPS) is 15.2. The third kappa shape index (κ3) is 2.34. The van der Waals surface area contributed by atoms with Crippen molar-refractivity contribution in [2.24, 2.45) is 0 Å². The Kier molecular flexibility index (Phi) is 3.70. The summed E-state index contributed by atoms with van der Waals surface area (Å²) < 4.78 is 0. The molecule has 0 bridgehead atoms. The van der Waals surface area contributed by atoms with Gasteiger partial charge in [-0.2, -0.15) is 0 Å². The zero-order valence-electron chi connectivity index (χ0n) is 11.3. The Balaban J connectivity index is 2.14. The van der Waals surface area contributed by atoms with Gasteiger partial charge in [0, 0.05) is 17.7 Å². The zero-order valence-corrected chi connectivity index (χ0v) is 11.3. The van der Waals surface area contributed by atoms with Gasteiger partial charge < -0.3 is 5.11 Å². The molecular formula is C15H15NO4. The van der Waals surface area contributed by atoms with Crippen LogP contribution in [0.5, 0.6) is 0 Å². The van der Waals surface area contributed by atoms with E-state index in [0.29, 0.717) is 23.1 Å². The minimum absolute atomic E-state index is 0.191. The average molecular weight is 273 g/mol. The van der Waals surface area contributed by atoms with Gasteiger partial charge in [-0.05, 0) is 31.9 Å². The molecule has 1 aromatic rings. The third-order valence-corrected chi connectivity index (χ3v) is 3.55. The van der Waals surface area contributed by atoms with Gasteiger partial charge in [0.15, 0.2) is 0 Å². The van der Waals surface area contributed by atoms with Crippen LogP contribution in [0, 0.1) is 0 Å². The first kappa shape index (κ1) is 14.0. The molecule has 0 saturated heterocycles. The number of aromatic carboxylic acids is 1. The fraction of sp³-hybridized carbons (Fsp3) is 0.267. The topological polar surface area (TPSA) is 74.7 Å². The first-order valence-corrected chi connectivity index (χ1v) is 6.28. The molecule has 0 aliphatic carbocycles. The summed E-state index contributed by atoms with van der Waals surface area (Å²) in [6.45, 7) is 3.44. The van der Waals surface area contributed by atoms with Crippen molar-refractivity contribution >= 4 is 17.8 Å². The summed E-state index contributed by atoms with van der Waals surface area (Å²) >= 11 is 0. The molecule has 0 spiro atoms. The molecule has 1 aromatic carbocycles. The van der Waals surface area contributed by atoms with E-state index in [1.807, 2.05) is 0 Å². The van der Waals surface area contributed by atoms with Crippen LogP contribution in [0.15, 0.2) is 35.4 Å². The molecule has 2 rings (SSSR count). The highest BCUT2D eigenvalue weighted by atomic mass is 16.4. The maximum absolute atomic E-state index is 11.9. The Morgan fingerprint density at radius 3 is 2.20 bits per heavy atom. The lowest BCUT2D eigenvalue weighted by atomic mass is 10.0. The summed E-state index contributed by atoms with van der Waals surface area (Å²) in [5.74, 6) is -1.59. The molecule has 1 heterocycles. The Labute approximate surface area is 116 Å². The van der Waals surface area contributed by atoms with Crippen molar-refractivity contribution < 1.29 is 19.5 Å². The average Bonchev–Trinajstić information content (AvgIpc) is 2.61. The molecule has 1 aliphatic heterocycles. The molecule has 1 N–H and O–H groups in total. The molecule has 0 saturated carbocycles. The standard InChI is InChI=1S/C15H15NO4/c1-9-10(2)14(18)16(13(9)17)8-7-11-5-3-4-6-12(11)15(19)20/h3-6H,7-8H2,1-2H3,(H,19,20). The van der Waals surface area contributed by atoms with E-state index in [1.165, 1.54) is 11.0 Å². The highest BCUT2D eigenvalue weighted by Crippen LogP contribution is 2.20. The predicted molar refractivity (Wildman–Crippen MR) is 72.2 cm³/mol. The Morgan fingerprint density at radius 1 is 1.10 bits per heavy atom. The van der Waals surface area contributed by atoms with Crippen molar-refractivity contribution in [2.75, 3.05) is 6.54 Å². The van der Waals surface area contributed by atoms with Crippen LogP contribution in [0.1, 0.15) is 29.8 Å². The Bertz CT molecular complexity index is 607. The summed E-state index contributed by atoms with van der Waals surface area (Å²) in [7, 11) is 0. The van der Waals surface area contributed by atoms with Crippen LogP contribution in [-0.2, 0) is 16.0 Å². The maximum Gasteiger partial charge on any atom is 0.335 e. The van der Waals surface area contributed by atoms with Crippen molar-refractivity contribution in [1.29, 1.82) is 0 Å². The van der Waals surface area contributed by atoms with Crippen LogP contribution >= 0.6 is 0 Å². The molecule has 0 unspecified atom stereocenters. The zero-order chi connectivity index (χ0) is 14.9. The van der Waals surface area contributed by atoms with Gasteiger partial charge in [-0.3, -0.25) is 14.5 Å². The van der Waals surface area contributed by atoms with Gasteiger partial charge >= 0.3 is 5.97 Å². The molecule has 20 heavy (non-hydrogen) atoms. The van der Waals surface area contributed by atoms with Crippen LogP contribution < -0.4 is 0 Å². The molecule has 2 amide bonds. The summed E-state index contributed by atoms with van der Waals surface area (Å²) in [4.78, 5) is 36.1. The van der Waals surface area contributed by atoms with Crippen molar-refractivity contribution in [3.05, 3.63) is 46.5 Å². The van der Waals surface area contributed by atoms with E-state index in [0.717, 1.165) is 0 Å². The monoisotopic (exact) mass is 273 g/mol. The molecule has 5 heteroatoms. The number of carboxylic acid groups (broad SMARTS) is 1. The van der Waals surface area contributed by atoms with Crippen LogP contribution in [-0.4, -0.2) is 34.3 Å². The fourth-order valence-electron chi connectivity index (χ4n) is 2.20. The van der Waals surface area contributed by atoms with Gasteiger partial charge in [0.05, 0.1) is 5.56 Å². The first-order valence-electron chi connectivity index (χ1n) is 6.28. The summed E-state index contributed by atoms with van der Waals surface area (Å²) in [5.41, 5.74) is 1.74. The van der Waals surface area contributed by atoms with Gasteiger partial charge in [0.25, 0.3) is 11.8 Å². The van der Waals surface area contributed by atoms with E-state index in [2.05, 4.69) is 0 Å². The van der Waals surface area contributed by atoms with Crippen molar-refractivity contribution in [1.82, 2.24) is 4.90 Å². The molecular weight excluding hydrogens is 258 g/mol. The number of hydrogen-bond acceptors (Lipinski definition) is 3. The molecule has 5 nitrogen and oxygen atoms in total. The summed E-state index contributed by atoms with van der Waals surface area (Å²) in [6, 6.07) is 6.60. The van der Waals surface area contributed by atoms with Gasteiger partial charge in [0.1, 0.15) is 0 Å². The number of carbonyl (C=O) groups is 3. The lowest BCUT2D eigenvalue weighted by Gasteiger charge is -2.15. The number of carbonyl (C=O) groups excluding carboxylic acids is 2. The minimum atomic E-state index is -1.01. The van der Waals surface area contributed by atoms with Gasteiger partial charge in [0.2, 0.25) is 0 Å². The summed E-state index contributed by atoms with van der Waals surface area (Å²) in [5, 5.41) is 9.09. The second kappa shape index (κ2) is 5.28. The Hall–Kier alpha value is -2.43. The lowest BCUT2D eigenvalue weighted by molar-refractivity contribution is -0.137. The van der Waals surface area contributed by atoms with Crippen LogP contribution in [0.3, 0.4) is 0 Å². The van der Waals surface area contributed by atoms with E-state index >= 15 is 0 Å². The minimum Gasteiger partial charge on any atom is -0.478 e. The summed E-state index contributed by atoms with van der Waals surface area (Å²) in [6.07, 6.45) is 0.334. The molecule has 0 atom stereocenters. The predicted octanol–water partition coefficient (Wildman–Crippen LogP) is 1.63. The molecule has 0 radical (unpaired) electrons. The van der Waals surface area contributed by atoms with E-state index in [1.54, 1.807) is 32.0 Å². The number of nitrogens with zero attached hydrogens (tertiary/aromatic N) is 1. The van der Waals surface area contributed by atoms with Crippen molar-refractivity contribution in [3.63, 3.8) is 0 Å². The lowest BCUT2D eigenvalue weighted by Crippen LogP contribution is -2.33. The molecule has 0 fully saturated rings. The van der Waals surface area contributed by atoms with Crippen LogP contribution in [0.25, 0.3) is 0 Å². The number of benzene rings is 1.